The minimum Gasteiger partial charge on any atom is -0.441 e. The second kappa shape index (κ2) is 9.60. The number of nitrogens with zero attached hydrogens (tertiary/aromatic N) is 3. The van der Waals surface area contributed by atoms with Crippen molar-refractivity contribution in [2.45, 2.75) is 57.9 Å². The highest BCUT2D eigenvalue weighted by Gasteiger charge is 2.25. The summed E-state index contributed by atoms with van der Waals surface area (Å²) in [5.41, 5.74) is 2.08. The van der Waals surface area contributed by atoms with Gasteiger partial charge >= 0.3 is 0 Å². The van der Waals surface area contributed by atoms with E-state index in [0.29, 0.717) is 42.6 Å². The second-order valence-corrected chi connectivity index (χ2v) is 8.51. The summed E-state index contributed by atoms with van der Waals surface area (Å²) in [4.78, 5) is 34.3. The van der Waals surface area contributed by atoms with Crippen molar-refractivity contribution in [2.75, 3.05) is 32.7 Å². The van der Waals surface area contributed by atoms with E-state index < -0.39 is 0 Å². The lowest BCUT2D eigenvalue weighted by Crippen LogP contribution is -2.44. The Morgan fingerprint density at radius 2 is 1.90 bits per heavy atom. The van der Waals surface area contributed by atoms with Gasteiger partial charge in [-0.1, -0.05) is 6.42 Å². The van der Waals surface area contributed by atoms with Crippen molar-refractivity contribution in [1.82, 2.24) is 20.1 Å². The zero-order chi connectivity index (χ0) is 20.9. The number of aryl methyl sites for hydroxylation is 1. The van der Waals surface area contributed by atoms with Crippen LogP contribution in [0.25, 0.3) is 11.1 Å². The molecule has 2 fully saturated rings. The third-order valence-corrected chi connectivity index (χ3v) is 6.25. The molecular weight excluding hydrogens is 380 g/mol. The molecule has 0 spiro atoms. The number of hydrogen-bond donors (Lipinski definition) is 1. The number of benzene rings is 1. The molecule has 0 radical (unpaired) electrons. The van der Waals surface area contributed by atoms with E-state index in [4.69, 9.17) is 4.42 Å². The molecule has 2 aliphatic heterocycles. The Labute approximate surface area is 177 Å². The molecular formula is C23H32N4O3. The summed E-state index contributed by atoms with van der Waals surface area (Å²) >= 11 is 0. The SMILES string of the molecule is Cc1nc2ccc(C(=O)N3CCCCNC(=O)CC4CCCCN4CCC3)cc2o1. The van der Waals surface area contributed by atoms with E-state index in [9.17, 15) is 9.59 Å². The summed E-state index contributed by atoms with van der Waals surface area (Å²) in [6.07, 6.45) is 6.76. The van der Waals surface area contributed by atoms with E-state index in [-0.39, 0.29) is 11.8 Å². The number of amides is 2. The maximum Gasteiger partial charge on any atom is 0.253 e. The summed E-state index contributed by atoms with van der Waals surface area (Å²) in [5, 5.41) is 3.06. The quantitative estimate of drug-likeness (QED) is 0.779. The van der Waals surface area contributed by atoms with Crippen LogP contribution in [0.4, 0.5) is 0 Å². The zero-order valence-electron chi connectivity index (χ0n) is 17.9. The van der Waals surface area contributed by atoms with Crippen molar-refractivity contribution >= 4 is 22.9 Å². The molecule has 2 aliphatic rings. The number of oxazole rings is 1. The Hall–Kier alpha value is -2.41. The lowest BCUT2D eigenvalue weighted by Gasteiger charge is -2.35. The van der Waals surface area contributed by atoms with Gasteiger partial charge in [-0.2, -0.15) is 0 Å². The van der Waals surface area contributed by atoms with Crippen molar-refractivity contribution < 1.29 is 14.0 Å². The minimum atomic E-state index is 0.0417. The molecule has 3 heterocycles. The average molecular weight is 413 g/mol. The van der Waals surface area contributed by atoms with Crippen molar-refractivity contribution in [3.8, 4) is 0 Å². The molecule has 1 N–H and O–H groups in total. The van der Waals surface area contributed by atoms with E-state index in [0.717, 1.165) is 50.8 Å². The molecule has 0 aliphatic carbocycles. The number of fused-ring (bicyclic) bond motifs is 2. The standard InChI is InChI=1S/C23H32N4O3/c1-17-25-20-9-8-18(15-21(20)30-17)23(29)27-12-5-3-10-24-22(28)16-19-7-2-4-11-26(19)13-6-14-27/h8-9,15,19H,2-7,10-14,16H2,1H3,(H,24,28). The van der Waals surface area contributed by atoms with Crippen molar-refractivity contribution in [3.05, 3.63) is 29.7 Å². The van der Waals surface area contributed by atoms with Crippen LogP contribution in [0.5, 0.6) is 0 Å². The van der Waals surface area contributed by atoms with Crippen molar-refractivity contribution in [3.63, 3.8) is 0 Å². The fourth-order valence-corrected chi connectivity index (χ4v) is 4.66. The first-order valence-electron chi connectivity index (χ1n) is 11.3. The first kappa shape index (κ1) is 20.8. The van der Waals surface area contributed by atoms with Gasteiger partial charge < -0.3 is 14.6 Å². The van der Waals surface area contributed by atoms with Gasteiger partial charge in [0.2, 0.25) is 5.91 Å². The smallest absolute Gasteiger partial charge is 0.253 e. The van der Waals surface area contributed by atoms with Gasteiger partial charge in [-0.25, -0.2) is 4.98 Å². The third-order valence-electron chi connectivity index (χ3n) is 6.25. The van der Waals surface area contributed by atoms with Crippen molar-refractivity contribution in [1.29, 1.82) is 0 Å². The van der Waals surface area contributed by atoms with Crippen LogP contribution in [-0.4, -0.2) is 65.4 Å². The Morgan fingerprint density at radius 3 is 2.80 bits per heavy atom. The molecule has 162 valence electrons. The lowest BCUT2D eigenvalue weighted by molar-refractivity contribution is -0.122. The predicted octanol–water partition coefficient (Wildman–Crippen LogP) is 3.12. The van der Waals surface area contributed by atoms with Crippen molar-refractivity contribution in [2.24, 2.45) is 0 Å². The van der Waals surface area contributed by atoms with Gasteiger partial charge in [0.1, 0.15) is 5.52 Å². The molecule has 0 bridgehead atoms. The Kier molecular flexibility index (Phi) is 6.67. The largest absolute Gasteiger partial charge is 0.441 e. The monoisotopic (exact) mass is 412 g/mol. The molecule has 1 aromatic carbocycles. The maximum atomic E-state index is 13.3. The van der Waals surface area contributed by atoms with Crippen LogP contribution in [0.2, 0.25) is 0 Å². The molecule has 0 saturated carbocycles. The van der Waals surface area contributed by atoms with Crippen LogP contribution >= 0.6 is 0 Å². The first-order valence-corrected chi connectivity index (χ1v) is 11.3. The maximum absolute atomic E-state index is 13.3. The van der Waals surface area contributed by atoms with Gasteiger partial charge in [0.05, 0.1) is 0 Å². The van der Waals surface area contributed by atoms with Gasteiger partial charge in [-0.3, -0.25) is 14.5 Å². The molecule has 7 heteroatoms. The zero-order valence-corrected chi connectivity index (χ0v) is 17.9. The highest BCUT2D eigenvalue weighted by Crippen LogP contribution is 2.21. The number of carbonyl (C=O) groups excluding carboxylic acids is 2. The predicted molar refractivity (Wildman–Crippen MR) is 115 cm³/mol. The summed E-state index contributed by atoms with van der Waals surface area (Å²) in [6, 6.07) is 5.84. The average Bonchev–Trinajstić information content (AvgIpc) is 3.12. The fraction of sp³-hybridized carbons (Fsp3) is 0.609. The van der Waals surface area contributed by atoms with Gasteiger partial charge in [-0.05, 0) is 56.8 Å². The van der Waals surface area contributed by atoms with Crippen LogP contribution in [0.3, 0.4) is 0 Å². The summed E-state index contributed by atoms with van der Waals surface area (Å²) in [7, 11) is 0. The molecule has 1 atom stereocenters. The topological polar surface area (TPSA) is 78.7 Å². The minimum absolute atomic E-state index is 0.0417. The molecule has 7 nitrogen and oxygen atoms in total. The number of nitrogens with one attached hydrogen (secondary N) is 1. The molecule has 1 aromatic heterocycles. The number of carbonyl (C=O) groups is 2. The molecule has 1 unspecified atom stereocenters. The Morgan fingerprint density at radius 1 is 1.10 bits per heavy atom. The van der Waals surface area contributed by atoms with Crippen LogP contribution < -0.4 is 5.32 Å². The van der Waals surface area contributed by atoms with Crippen LogP contribution in [0.1, 0.15) is 61.2 Å². The molecule has 2 amide bonds. The normalized spacial score (nSPS) is 22.5. The summed E-state index contributed by atoms with van der Waals surface area (Å²) in [6.45, 7) is 5.90. The number of rotatable bonds is 1. The van der Waals surface area contributed by atoms with E-state index in [1.54, 1.807) is 6.07 Å². The van der Waals surface area contributed by atoms with Gasteiger partial charge in [0, 0.05) is 51.1 Å². The van der Waals surface area contributed by atoms with Crippen LogP contribution in [-0.2, 0) is 4.79 Å². The second-order valence-electron chi connectivity index (χ2n) is 8.51. The van der Waals surface area contributed by atoms with E-state index in [2.05, 4.69) is 15.2 Å². The third kappa shape index (κ3) is 5.01. The molecule has 2 aromatic rings. The first-order chi connectivity index (χ1) is 14.6. The molecule has 2 saturated heterocycles. The number of piperidine rings is 1. The lowest BCUT2D eigenvalue weighted by atomic mass is 9.98. The molecule has 4 rings (SSSR count). The van der Waals surface area contributed by atoms with Gasteiger partial charge in [0.25, 0.3) is 5.91 Å². The van der Waals surface area contributed by atoms with Crippen LogP contribution in [0.15, 0.2) is 22.6 Å². The number of aromatic nitrogens is 1. The van der Waals surface area contributed by atoms with E-state index >= 15 is 0 Å². The van der Waals surface area contributed by atoms with Gasteiger partial charge in [-0.15, -0.1) is 0 Å². The Balaban J connectivity index is 1.47. The van der Waals surface area contributed by atoms with Gasteiger partial charge in [0.15, 0.2) is 11.5 Å². The fourth-order valence-electron chi connectivity index (χ4n) is 4.66. The van der Waals surface area contributed by atoms with Crippen LogP contribution in [0, 0.1) is 6.92 Å². The Bertz CT molecular complexity index is 894. The highest BCUT2D eigenvalue weighted by molar-refractivity contribution is 5.97. The highest BCUT2D eigenvalue weighted by atomic mass is 16.3. The summed E-state index contributed by atoms with van der Waals surface area (Å²) < 4.78 is 5.61. The van der Waals surface area contributed by atoms with E-state index in [1.807, 2.05) is 24.0 Å². The number of hydrogen-bond acceptors (Lipinski definition) is 5. The van der Waals surface area contributed by atoms with E-state index in [1.165, 1.54) is 12.8 Å². The summed E-state index contributed by atoms with van der Waals surface area (Å²) in [5.74, 6) is 0.810. The molecule has 30 heavy (non-hydrogen) atoms.